The van der Waals surface area contributed by atoms with E-state index in [9.17, 15) is 5.11 Å². The summed E-state index contributed by atoms with van der Waals surface area (Å²) < 4.78 is 5.42. The van der Waals surface area contributed by atoms with Crippen LogP contribution in [0.5, 0.6) is 0 Å². The van der Waals surface area contributed by atoms with Gasteiger partial charge in [0.25, 0.3) is 0 Å². The summed E-state index contributed by atoms with van der Waals surface area (Å²) >= 11 is 0. The van der Waals surface area contributed by atoms with E-state index in [2.05, 4.69) is 15.1 Å². The Morgan fingerprint density at radius 2 is 1.96 bits per heavy atom. The molecule has 1 atom stereocenters. The molecule has 1 N–H and O–H groups in total. The van der Waals surface area contributed by atoms with Crippen LogP contribution in [-0.2, 0) is 12.0 Å². The van der Waals surface area contributed by atoms with E-state index in [0.29, 0.717) is 18.1 Å². The summed E-state index contributed by atoms with van der Waals surface area (Å²) in [6.07, 6.45) is 4.11. The van der Waals surface area contributed by atoms with Gasteiger partial charge in [0.15, 0.2) is 0 Å². The van der Waals surface area contributed by atoms with E-state index in [1.807, 2.05) is 49.4 Å². The molecule has 2 heterocycles. The predicted octanol–water partition coefficient (Wildman–Crippen LogP) is 3.28. The van der Waals surface area contributed by atoms with Crippen LogP contribution in [0.3, 0.4) is 0 Å². The van der Waals surface area contributed by atoms with Crippen molar-refractivity contribution in [3.8, 4) is 11.4 Å². The van der Waals surface area contributed by atoms with Crippen molar-refractivity contribution in [1.29, 1.82) is 0 Å². The molecular formula is C19H19N3O2. The minimum atomic E-state index is -0.949. The summed E-state index contributed by atoms with van der Waals surface area (Å²) in [4.78, 5) is 8.74. The van der Waals surface area contributed by atoms with Crippen LogP contribution in [0.25, 0.3) is 11.4 Å². The zero-order valence-corrected chi connectivity index (χ0v) is 13.5. The Kier molecular flexibility index (Phi) is 3.65. The molecule has 1 aromatic carbocycles. The number of pyridine rings is 1. The number of rotatable bonds is 5. The molecule has 5 nitrogen and oxygen atoms in total. The van der Waals surface area contributed by atoms with Crippen LogP contribution in [0.4, 0.5) is 0 Å². The van der Waals surface area contributed by atoms with Crippen molar-refractivity contribution in [3.63, 3.8) is 0 Å². The Labute approximate surface area is 140 Å². The number of nitrogens with zero attached hydrogens (tertiary/aromatic N) is 3. The molecule has 4 rings (SSSR count). The van der Waals surface area contributed by atoms with Crippen LogP contribution in [0.2, 0.25) is 0 Å². The zero-order valence-electron chi connectivity index (χ0n) is 13.5. The average molecular weight is 321 g/mol. The first-order valence-corrected chi connectivity index (χ1v) is 8.19. The number of hydrogen-bond acceptors (Lipinski definition) is 5. The van der Waals surface area contributed by atoms with Gasteiger partial charge in [0, 0.05) is 17.5 Å². The third-order valence-corrected chi connectivity index (χ3v) is 4.66. The third kappa shape index (κ3) is 2.71. The molecular weight excluding hydrogens is 302 g/mol. The predicted molar refractivity (Wildman–Crippen MR) is 89.0 cm³/mol. The minimum absolute atomic E-state index is 0.246. The summed E-state index contributed by atoms with van der Waals surface area (Å²) in [7, 11) is 0. The second-order valence-electron chi connectivity index (χ2n) is 6.39. The lowest BCUT2D eigenvalue weighted by Gasteiger charge is -2.27. The Bertz CT molecular complexity index is 843. The number of aryl methyl sites for hydroxylation is 1. The van der Waals surface area contributed by atoms with E-state index in [1.165, 1.54) is 0 Å². The second-order valence-corrected chi connectivity index (χ2v) is 6.39. The first-order valence-electron chi connectivity index (χ1n) is 8.19. The van der Waals surface area contributed by atoms with Gasteiger partial charge in [-0.3, -0.25) is 4.98 Å². The highest BCUT2D eigenvalue weighted by Gasteiger charge is 2.46. The lowest BCUT2D eigenvalue weighted by atomic mass is 9.85. The maximum atomic E-state index is 11.3. The van der Waals surface area contributed by atoms with Crippen molar-refractivity contribution in [2.75, 3.05) is 0 Å². The van der Waals surface area contributed by atoms with Crippen molar-refractivity contribution in [2.24, 2.45) is 5.92 Å². The van der Waals surface area contributed by atoms with Crippen LogP contribution >= 0.6 is 0 Å². The average Bonchev–Trinajstić information content (AvgIpc) is 3.37. The number of aliphatic hydroxyl groups is 1. The monoisotopic (exact) mass is 321 g/mol. The van der Waals surface area contributed by atoms with Gasteiger partial charge in [0.1, 0.15) is 5.60 Å². The van der Waals surface area contributed by atoms with Crippen LogP contribution in [0.1, 0.15) is 30.0 Å². The molecule has 1 aliphatic carbocycles. The quantitative estimate of drug-likeness (QED) is 0.781. The first-order chi connectivity index (χ1) is 11.7. The SMILES string of the molecule is Cc1ncccc1-c1noc(CC(O)(c2ccccc2)C2CC2)n1. The summed E-state index contributed by atoms with van der Waals surface area (Å²) in [5, 5.41) is 15.3. The molecule has 1 saturated carbocycles. The van der Waals surface area contributed by atoms with Gasteiger partial charge in [-0.05, 0) is 43.4 Å². The highest BCUT2D eigenvalue weighted by Crippen LogP contribution is 2.47. The fourth-order valence-corrected chi connectivity index (χ4v) is 3.16. The van der Waals surface area contributed by atoms with Gasteiger partial charge in [-0.2, -0.15) is 4.98 Å². The van der Waals surface area contributed by atoms with Gasteiger partial charge < -0.3 is 9.63 Å². The van der Waals surface area contributed by atoms with Crippen molar-refractivity contribution >= 4 is 0 Å². The minimum Gasteiger partial charge on any atom is -0.384 e. The molecule has 0 amide bonds. The Morgan fingerprint density at radius 1 is 1.17 bits per heavy atom. The third-order valence-electron chi connectivity index (χ3n) is 4.66. The smallest absolute Gasteiger partial charge is 0.230 e. The first kappa shape index (κ1) is 15.0. The molecule has 2 aromatic heterocycles. The van der Waals surface area contributed by atoms with Crippen LogP contribution in [-0.4, -0.2) is 20.2 Å². The van der Waals surface area contributed by atoms with Crippen molar-refractivity contribution < 1.29 is 9.63 Å². The van der Waals surface area contributed by atoms with Gasteiger partial charge in [-0.1, -0.05) is 35.5 Å². The Balaban J connectivity index is 1.64. The van der Waals surface area contributed by atoms with Gasteiger partial charge in [-0.25, -0.2) is 0 Å². The topological polar surface area (TPSA) is 72.0 Å². The molecule has 1 unspecified atom stereocenters. The molecule has 0 saturated heterocycles. The van der Waals surface area contributed by atoms with Gasteiger partial charge in [0.2, 0.25) is 11.7 Å². The molecule has 0 spiro atoms. The van der Waals surface area contributed by atoms with Crippen LogP contribution in [0.15, 0.2) is 53.2 Å². The van der Waals surface area contributed by atoms with E-state index in [-0.39, 0.29) is 5.92 Å². The van der Waals surface area contributed by atoms with E-state index in [0.717, 1.165) is 29.7 Å². The van der Waals surface area contributed by atoms with Gasteiger partial charge in [0.05, 0.1) is 6.42 Å². The molecule has 1 aliphatic rings. The lowest BCUT2D eigenvalue weighted by Crippen LogP contribution is -2.31. The molecule has 3 aromatic rings. The van der Waals surface area contributed by atoms with Gasteiger partial charge >= 0.3 is 0 Å². The molecule has 1 fully saturated rings. The summed E-state index contributed by atoms with van der Waals surface area (Å²) in [5.74, 6) is 1.21. The molecule has 24 heavy (non-hydrogen) atoms. The summed E-state index contributed by atoms with van der Waals surface area (Å²) in [5.41, 5.74) is 1.66. The number of aromatic nitrogens is 3. The van der Waals surface area contributed by atoms with Gasteiger partial charge in [-0.15, -0.1) is 0 Å². The van der Waals surface area contributed by atoms with E-state index < -0.39 is 5.60 Å². The molecule has 0 bridgehead atoms. The molecule has 0 aliphatic heterocycles. The van der Waals surface area contributed by atoms with Crippen molar-refractivity contribution in [3.05, 3.63) is 65.8 Å². The van der Waals surface area contributed by atoms with Crippen molar-refractivity contribution in [2.45, 2.75) is 31.8 Å². The maximum absolute atomic E-state index is 11.3. The van der Waals surface area contributed by atoms with Crippen molar-refractivity contribution in [1.82, 2.24) is 15.1 Å². The molecule has 122 valence electrons. The fraction of sp³-hybridized carbons (Fsp3) is 0.316. The molecule has 5 heteroatoms. The van der Waals surface area contributed by atoms with E-state index >= 15 is 0 Å². The zero-order chi connectivity index (χ0) is 16.6. The largest absolute Gasteiger partial charge is 0.384 e. The standard InChI is InChI=1S/C19H19N3O2/c1-13-16(8-5-11-20-13)18-21-17(24-22-18)12-19(23,15-9-10-15)14-6-3-2-4-7-14/h2-8,11,15,23H,9-10,12H2,1H3. The molecule has 0 radical (unpaired) electrons. The summed E-state index contributed by atoms with van der Waals surface area (Å²) in [6.45, 7) is 1.91. The van der Waals surface area contributed by atoms with Crippen LogP contribution in [0, 0.1) is 12.8 Å². The highest BCUT2D eigenvalue weighted by atomic mass is 16.5. The Morgan fingerprint density at radius 3 is 2.67 bits per heavy atom. The fourth-order valence-electron chi connectivity index (χ4n) is 3.16. The normalized spacial score (nSPS) is 16.8. The number of hydrogen-bond donors (Lipinski definition) is 1. The maximum Gasteiger partial charge on any atom is 0.230 e. The second kappa shape index (κ2) is 5.83. The lowest BCUT2D eigenvalue weighted by molar-refractivity contribution is 0.00598. The van der Waals surface area contributed by atoms with Crippen LogP contribution < -0.4 is 0 Å². The summed E-state index contributed by atoms with van der Waals surface area (Å²) in [6, 6.07) is 13.5. The van der Waals surface area contributed by atoms with E-state index in [4.69, 9.17) is 4.52 Å². The Hall–Kier alpha value is -2.53. The van der Waals surface area contributed by atoms with E-state index in [1.54, 1.807) is 6.20 Å². The highest BCUT2D eigenvalue weighted by molar-refractivity contribution is 5.56. The number of benzene rings is 1.